The van der Waals surface area contributed by atoms with Crippen molar-refractivity contribution in [3.63, 3.8) is 0 Å². The van der Waals surface area contributed by atoms with Crippen LogP contribution >= 0.6 is 0 Å². The summed E-state index contributed by atoms with van der Waals surface area (Å²) in [4.78, 5) is 0. The van der Waals surface area contributed by atoms with E-state index in [2.05, 4.69) is 5.32 Å². The first-order valence-electron chi connectivity index (χ1n) is 5.36. The van der Waals surface area contributed by atoms with Gasteiger partial charge in [0.15, 0.2) is 0 Å². The fourth-order valence-corrected chi connectivity index (χ4v) is 1.62. The van der Waals surface area contributed by atoms with Crippen molar-refractivity contribution in [2.75, 3.05) is 26.3 Å². The molecule has 0 radical (unpaired) electrons. The van der Waals surface area contributed by atoms with Gasteiger partial charge in [-0.05, 0) is 45.2 Å². The van der Waals surface area contributed by atoms with Crippen LogP contribution in [0.15, 0.2) is 0 Å². The number of rotatable bonds is 7. The minimum atomic E-state index is 0.313. The summed E-state index contributed by atoms with van der Waals surface area (Å²) in [6.45, 7) is 3.34. The van der Waals surface area contributed by atoms with Crippen molar-refractivity contribution < 1.29 is 9.84 Å². The van der Waals surface area contributed by atoms with Crippen LogP contribution in [-0.2, 0) is 4.74 Å². The molecule has 0 aromatic heterocycles. The number of nitrogens with one attached hydrogen (secondary N) is 1. The van der Waals surface area contributed by atoms with Crippen LogP contribution in [0.25, 0.3) is 0 Å². The highest BCUT2D eigenvalue weighted by atomic mass is 16.5. The first-order chi connectivity index (χ1) is 6.43. The molecule has 78 valence electrons. The van der Waals surface area contributed by atoms with E-state index in [-0.39, 0.29) is 0 Å². The maximum absolute atomic E-state index is 8.55. The predicted molar refractivity (Wildman–Crippen MR) is 52.8 cm³/mol. The van der Waals surface area contributed by atoms with Crippen molar-refractivity contribution in [1.82, 2.24) is 5.32 Å². The lowest BCUT2D eigenvalue weighted by Gasteiger charge is -2.09. The molecule has 1 atom stereocenters. The van der Waals surface area contributed by atoms with E-state index in [0.29, 0.717) is 12.7 Å². The summed E-state index contributed by atoms with van der Waals surface area (Å²) in [6, 6.07) is 0. The number of hydrogen-bond donors (Lipinski definition) is 2. The van der Waals surface area contributed by atoms with Gasteiger partial charge in [-0.2, -0.15) is 0 Å². The number of hydrogen-bond acceptors (Lipinski definition) is 3. The molecule has 1 unspecified atom stereocenters. The Morgan fingerprint density at radius 2 is 2.23 bits per heavy atom. The van der Waals surface area contributed by atoms with Gasteiger partial charge in [-0.1, -0.05) is 0 Å². The summed E-state index contributed by atoms with van der Waals surface area (Å²) < 4.78 is 5.50. The van der Waals surface area contributed by atoms with Crippen LogP contribution in [0, 0.1) is 0 Å². The molecule has 0 aliphatic carbocycles. The van der Waals surface area contributed by atoms with E-state index < -0.39 is 0 Å². The van der Waals surface area contributed by atoms with Crippen molar-refractivity contribution >= 4 is 0 Å². The van der Waals surface area contributed by atoms with E-state index in [0.717, 1.165) is 39.0 Å². The highest BCUT2D eigenvalue weighted by Crippen LogP contribution is 2.14. The Kier molecular flexibility index (Phi) is 6.15. The SMILES string of the molecule is OCCCCNCCC1CCCO1. The van der Waals surface area contributed by atoms with Gasteiger partial charge in [0.25, 0.3) is 0 Å². The molecule has 0 saturated carbocycles. The Bertz CT molecular complexity index is 113. The van der Waals surface area contributed by atoms with E-state index in [1.165, 1.54) is 12.8 Å². The molecule has 0 spiro atoms. The van der Waals surface area contributed by atoms with E-state index >= 15 is 0 Å². The van der Waals surface area contributed by atoms with Crippen molar-refractivity contribution in [1.29, 1.82) is 0 Å². The number of ether oxygens (including phenoxy) is 1. The molecular formula is C10H21NO2. The van der Waals surface area contributed by atoms with Gasteiger partial charge < -0.3 is 15.2 Å². The van der Waals surface area contributed by atoms with Crippen molar-refractivity contribution in [2.24, 2.45) is 0 Å². The molecule has 13 heavy (non-hydrogen) atoms. The second-order valence-corrected chi connectivity index (χ2v) is 3.60. The summed E-state index contributed by atoms with van der Waals surface area (Å²) in [5, 5.41) is 11.9. The van der Waals surface area contributed by atoms with Crippen LogP contribution in [0.4, 0.5) is 0 Å². The Morgan fingerprint density at radius 3 is 2.92 bits per heavy atom. The summed E-state index contributed by atoms with van der Waals surface area (Å²) >= 11 is 0. The van der Waals surface area contributed by atoms with Gasteiger partial charge in [0.05, 0.1) is 6.10 Å². The van der Waals surface area contributed by atoms with E-state index in [1.54, 1.807) is 0 Å². The van der Waals surface area contributed by atoms with Gasteiger partial charge in [-0.15, -0.1) is 0 Å². The Labute approximate surface area is 80.5 Å². The van der Waals surface area contributed by atoms with Crippen LogP contribution in [0.1, 0.15) is 32.1 Å². The second kappa shape index (κ2) is 7.30. The maximum atomic E-state index is 8.55. The lowest BCUT2D eigenvalue weighted by molar-refractivity contribution is 0.104. The topological polar surface area (TPSA) is 41.5 Å². The van der Waals surface area contributed by atoms with Gasteiger partial charge in [-0.3, -0.25) is 0 Å². The third kappa shape index (κ3) is 5.24. The van der Waals surface area contributed by atoms with Crippen molar-refractivity contribution in [2.45, 2.75) is 38.2 Å². The molecule has 1 fully saturated rings. The molecule has 3 heteroatoms. The van der Waals surface area contributed by atoms with Gasteiger partial charge in [0.2, 0.25) is 0 Å². The third-order valence-electron chi connectivity index (χ3n) is 2.43. The van der Waals surface area contributed by atoms with Crippen LogP contribution in [0.3, 0.4) is 0 Å². The smallest absolute Gasteiger partial charge is 0.0588 e. The van der Waals surface area contributed by atoms with Gasteiger partial charge in [0.1, 0.15) is 0 Å². The summed E-state index contributed by atoms with van der Waals surface area (Å²) in [5.74, 6) is 0. The molecule has 1 heterocycles. The Balaban J connectivity index is 1.78. The highest BCUT2D eigenvalue weighted by molar-refractivity contribution is 4.65. The summed E-state index contributed by atoms with van der Waals surface area (Å²) in [7, 11) is 0. The minimum absolute atomic E-state index is 0.313. The zero-order valence-corrected chi connectivity index (χ0v) is 8.30. The first kappa shape index (κ1) is 11.0. The molecule has 3 nitrogen and oxygen atoms in total. The number of aliphatic hydroxyl groups excluding tert-OH is 1. The average Bonchev–Trinajstić information content (AvgIpc) is 2.63. The van der Waals surface area contributed by atoms with Crippen LogP contribution in [-0.4, -0.2) is 37.5 Å². The number of aliphatic hydroxyl groups is 1. The summed E-state index contributed by atoms with van der Waals surface area (Å²) in [6.07, 6.45) is 6.09. The zero-order chi connectivity index (χ0) is 9.36. The predicted octanol–water partition coefficient (Wildman–Crippen LogP) is 0.918. The molecule has 1 rings (SSSR count). The molecule has 0 amide bonds. The fraction of sp³-hybridized carbons (Fsp3) is 1.00. The quantitative estimate of drug-likeness (QED) is 0.582. The molecule has 1 saturated heterocycles. The van der Waals surface area contributed by atoms with E-state index in [1.807, 2.05) is 0 Å². The molecule has 1 aliphatic rings. The zero-order valence-electron chi connectivity index (χ0n) is 8.30. The number of unbranched alkanes of at least 4 members (excludes halogenated alkanes) is 1. The molecular weight excluding hydrogens is 166 g/mol. The minimum Gasteiger partial charge on any atom is -0.396 e. The van der Waals surface area contributed by atoms with Gasteiger partial charge >= 0.3 is 0 Å². The fourth-order valence-electron chi connectivity index (χ4n) is 1.62. The third-order valence-corrected chi connectivity index (χ3v) is 2.43. The second-order valence-electron chi connectivity index (χ2n) is 3.60. The molecule has 0 aromatic rings. The normalized spacial score (nSPS) is 22.4. The van der Waals surface area contributed by atoms with Crippen LogP contribution in [0.2, 0.25) is 0 Å². The summed E-state index contributed by atoms with van der Waals surface area (Å²) in [5.41, 5.74) is 0. The Hall–Kier alpha value is -0.120. The molecule has 0 bridgehead atoms. The van der Waals surface area contributed by atoms with Crippen molar-refractivity contribution in [3.05, 3.63) is 0 Å². The standard InChI is InChI=1S/C10H21NO2/c12-8-2-1-6-11-7-5-10-4-3-9-13-10/h10-12H,1-9H2. The first-order valence-corrected chi connectivity index (χ1v) is 5.36. The highest BCUT2D eigenvalue weighted by Gasteiger charge is 2.13. The average molecular weight is 187 g/mol. The largest absolute Gasteiger partial charge is 0.396 e. The van der Waals surface area contributed by atoms with Gasteiger partial charge in [-0.25, -0.2) is 0 Å². The van der Waals surface area contributed by atoms with E-state index in [4.69, 9.17) is 9.84 Å². The molecule has 0 aromatic carbocycles. The van der Waals surface area contributed by atoms with Gasteiger partial charge in [0, 0.05) is 13.2 Å². The maximum Gasteiger partial charge on any atom is 0.0588 e. The van der Waals surface area contributed by atoms with Crippen LogP contribution in [0.5, 0.6) is 0 Å². The molecule has 1 aliphatic heterocycles. The lowest BCUT2D eigenvalue weighted by atomic mass is 10.2. The monoisotopic (exact) mass is 187 g/mol. The van der Waals surface area contributed by atoms with E-state index in [9.17, 15) is 0 Å². The molecule has 2 N–H and O–H groups in total. The van der Waals surface area contributed by atoms with Crippen molar-refractivity contribution in [3.8, 4) is 0 Å². The Morgan fingerprint density at radius 1 is 1.31 bits per heavy atom. The van der Waals surface area contributed by atoms with Crippen LogP contribution < -0.4 is 5.32 Å². The lowest BCUT2D eigenvalue weighted by Crippen LogP contribution is -2.21.